The summed E-state index contributed by atoms with van der Waals surface area (Å²) in [5.41, 5.74) is 23.3. The zero-order valence-electron chi connectivity index (χ0n) is 61.2. The Hall–Kier alpha value is -14.4. The standard InChI is InChI=1S/C57H39N3.C33H24O3.C13H12NO.BrH/c1-7-19-40(20-8-1)52-34-49(35-53(58-52)41-21-9-2-10-22-41)46-31-47(50-36-54(42-23-11-3-12-24-42)59-55(37-50)43-25-13-4-14-26-43)33-48(32-46)51-38-56(44-27-15-5-16-28-44)60-57(39-51)45-29-17-6-18-30-45;34-31(28-10-4-1-5-11-28)19-16-25-22-26(17-20-32(35)29-12-6-2-7-13-29)24-27(23-25)18-21-33(36)30-14-8-3-9-15-30;15-13(12-7-3-1-4-8-12)11-14-9-5-2-6-10-14;/h1-39H;1-24H;1-10H,11H2;1H/q;;+1;/p-1/b;19-16+,20-17+,21-18+;;. The van der Waals surface area contributed by atoms with E-state index in [2.05, 4.69) is 200 Å². The molecule has 9 heteroatoms. The number of halogens is 1. The molecule has 0 saturated carbocycles. The van der Waals surface area contributed by atoms with Crippen LogP contribution in [-0.2, 0) is 6.54 Å². The summed E-state index contributed by atoms with van der Waals surface area (Å²) < 4.78 is 1.87. The number of hydrogen-bond donors (Lipinski definition) is 0. The van der Waals surface area contributed by atoms with Crippen molar-refractivity contribution in [2.24, 2.45) is 0 Å². The Labute approximate surface area is 663 Å². The molecule has 0 aliphatic heterocycles. The van der Waals surface area contributed by atoms with Gasteiger partial charge in [-0.25, -0.2) is 15.0 Å². The molecule has 4 heterocycles. The van der Waals surface area contributed by atoms with Gasteiger partial charge in [-0.1, -0.05) is 328 Å². The van der Waals surface area contributed by atoms with Gasteiger partial charge in [0.05, 0.1) is 34.2 Å². The van der Waals surface area contributed by atoms with E-state index in [-0.39, 0.29) is 40.1 Å². The topological polar surface area (TPSA) is 111 Å². The number of Topliss-reactive ketones (excluding diaryl/α,β-unsaturated/α-hetero) is 1. The van der Waals surface area contributed by atoms with Crippen LogP contribution in [0.5, 0.6) is 0 Å². The van der Waals surface area contributed by atoms with Gasteiger partial charge in [0.25, 0.3) is 0 Å². The summed E-state index contributed by atoms with van der Waals surface area (Å²) in [5.74, 6) is -0.182. The number of hydrogen-bond acceptors (Lipinski definition) is 7. The molecule has 0 unspecified atom stereocenters. The van der Waals surface area contributed by atoms with E-state index in [1.54, 1.807) is 54.6 Å². The van der Waals surface area contributed by atoms with E-state index < -0.39 is 0 Å². The smallest absolute Gasteiger partial charge is 0.227 e. The van der Waals surface area contributed by atoms with E-state index in [1.165, 1.54) is 18.2 Å². The highest BCUT2D eigenvalue weighted by Gasteiger charge is 2.18. The van der Waals surface area contributed by atoms with Gasteiger partial charge < -0.3 is 17.0 Å². The second kappa shape index (κ2) is 37.9. The zero-order chi connectivity index (χ0) is 75.8. The summed E-state index contributed by atoms with van der Waals surface area (Å²) in [5, 5.41) is 0. The normalized spacial score (nSPS) is 10.9. The molecule has 0 amide bonds. The highest BCUT2D eigenvalue weighted by atomic mass is 79.9. The van der Waals surface area contributed by atoms with Crippen LogP contribution in [0.1, 0.15) is 58.1 Å². The SMILES string of the molecule is O=C(/C=C/c1cc(/C=C/C(=O)c2ccccc2)cc(/C=C/C(=O)c2ccccc2)c1)c1ccccc1.O=C(C[n+]1ccccc1)c1ccccc1.[Br-].c1ccc(-c2cc(-c3cc(-c4cc(-c5ccccc5)nc(-c5ccccc5)c4)cc(-c4cc(-c5ccccc5)nc(-c5ccccc5)c4)c3)cc(-c3ccccc3)n2)cc1. The summed E-state index contributed by atoms with van der Waals surface area (Å²) in [7, 11) is 0. The van der Waals surface area contributed by atoms with Gasteiger partial charge in [-0.15, -0.1) is 0 Å². The number of nitrogens with zero attached hydrogens (tertiary/aromatic N) is 4. The number of carbonyl (C=O) groups excluding carboxylic acids is 4. The molecule has 12 aromatic carbocycles. The van der Waals surface area contributed by atoms with Gasteiger partial charge in [-0.05, 0) is 141 Å². The van der Waals surface area contributed by atoms with Crippen LogP contribution in [0.25, 0.3) is 119 Å². The van der Waals surface area contributed by atoms with E-state index in [0.29, 0.717) is 23.2 Å². The Morgan fingerprint density at radius 1 is 0.223 bits per heavy atom. The predicted molar refractivity (Wildman–Crippen MR) is 452 cm³/mol. The lowest BCUT2D eigenvalue weighted by molar-refractivity contribution is -0.683. The average Bonchev–Trinajstić information content (AvgIpc) is 0.773. The number of rotatable bonds is 21. The first kappa shape index (κ1) is 75.8. The number of aromatic nitrogens is 4. The lowest BCUT2D eigenvalue weighted by atomic mass is 9.91. The van der Waals surface area contributed by atoms with E-state index in [0.717, 1.165) is 123 Å². The van der Waals surface area contributed by atoms with Crippen LogP contribution in [0.4, 0.5) is 0 Å². The van der Waals surface area contributed by atoms with Crippen molar-refractivity contribution < 1.29 is 40.7 Å². The van der Waals surface area contributed by atoms with E-state index in [1.807, 2.05) is 175 Å². The third-order valence-corrected chi connectivity index (χ3v) is 18.5. The van der Waals surface area contributed by atoms with Crippen LogP contribution in [0.3, 0.4) is 0 Å². The minimum Gasteiger partial charge on any atom is -1.00 e. The fourth-order valence-corrected chi connectivity index (χ4v) is 12.8. The van der Waals surface area contributed by atoms with E-state index in [4.69, 9.17) is 15.0 Å². The third-order valence-electron chi connectivity index (χ3n) is 18.5. The minimum absolute atomic E-state index is 0. The van der Waals surface area contributed by atoms with Crippen molar-refractivity contribution in [2.75, 3.05) is 0 Å². The minimum atomic E-state index is -0.104. The molecule has 0 radical (unpaired) electrons. The molecular weight excluding hydrogens is 1440 g/mol. The summed E-state index contributed by atoms with van der Waals surface area (Å²) in [6.07, 6.45) is 13.6. The first-order valence-electron chi connectivity index (χ1n) is 36.7. The predicted octanol–water partition coefficient (Wildman–Crippen LogP) is 21.1. The van der Waals surface area contributed by atoms with Crippen molar-refractivity contribution in [3.63, 3.8) is 0 Å². The molecule has 538 valence electrons. The Balaban J connectivity index is 0.000000178. The molecule has 0 spiro atoms. The fourth-order valence-electron chi connectivity index (χ4n) is 12.8. The molecule has 8 nitrogen and oxygen atoms in total. The monoisotopic (exact) mass is 1510 g/mol. The van der Waals surface area contributed by atoms with Gasteiger partial charge in [-0.2, -0.15) is 4.57 Å². The van der Waals surface area contributed by atoms with Crippen molar-refractivity contribution in [1.82, 2.24) is 15.0 Å². The summed E-state index contributed by atoms with van der Waals surface area (Å²) in [6, 6.07) is 131. The zero-order valence-corrected chi connectivity index (χ0v) is 62.7. The van der Waals surface area contributed by atoms with Gasteiger partial charge in [0, 0.05) is 67.8 Å². The maximum atomic E-state index is 12.5. The van der Waals surface area contributed by atoms with Crippen LogP contribution >= 0.6 is 0 Å². The average molecular weight is 1510 g/mol. The molecular formula is C103H75BrN4O4. The molecule has 16 rings (SSSR count). The van der Waals surface area contributed by atoms with Gasteiger partial charge in [-0.3, -0.25) is 19.2 Å². The number of carbonyl (C=O) groups is 4. The summed E-state index contributed by atoms with van der Waals surface area (Å²) in [4.78, 5) is 65.1. The third kappa shape index (κ3) is 20.4. The lowest BCUT2D eigenvalue weighted by Gasteiger charge is -2.16. The highest BCUT2D eigenvalue weighted by molar-refractivity contribution is 6.09. The molecule has 0 bridgehead atoms. The molecule has 16 aromatic rings. The molecule has 0 fully saturated rings. The number of allylic oxidation sites excluding steroid dienone is 3. The van der Waals surface area contributed by atoms with Crippen molar-refractivity contribution in [1.29, 1.82) is 0 Å². The van der Waals surface area contributed by atoms with Gasteiger partial charge in [0.15, 0.2) is 29.7 Å². The van der Waals surface area contributed by atoms with Crippen LogP contribution in [0.15, 0.2) is 425 Å². The Morgan fingerprint density at radius 3 is 0.652 bits per heavy atom. The molecule has 0 aliphatic carbocycles. The molecule has 0 aliphatic rings. The van der Waals surface area contributed by atoms with Crippen LogP contribution in [0, 0.1) is 0 Å². The maximum absolute atomic E-state index is 12.5. The second-order valence-corrected chi connectivity index (χ2v) is 26.3. The van der Waals surface area contributed by atoms with Gasteiger partial charge in [0.2, 0.25) is 12.3 Å². The lowest BCUT2D eigenvalue weighted by Crippen LogP contribution is -3.00. The van der Waals surface area contributed by atoms with Crippen LogP contribution in [-0.4, -0.2) is 38.1 Å². The maximum Gasteiger partial charge on any atom is 0.227 e. The van der Waals surface area contributed by atoms with E-state index in [9.17, 15) is 19.2 Å². The summed E-state index contributed by atoms with van der Waals surface area (Å²) >= 11 is 0. The first-order valence-corrected chi connectivity index (χ1v) is 36.7. The Bertz CT molecular complexity index is 5230. The van der Waals surface area contributed by atoms with Crippen LogP contribution < -0.4 is 21.5 Å². The fraction of sp³-hybridized carbons (Fsp3) is 0.00971. The van der Waals surface area contributed by atoms with Crippen molar-refractivity contribution in [2.45, 2.75) is 6.54 Å². The molecule has 0 N–H and O–H groups in total. The largest absolute Gasteiger partial charge is 1.00 e. The van der Waals surface area contributed by atoms with Gasteiger partial charge >= 0.3 is 0 Å². The second-order valence-electron chi connectivity index (χ2n) is 26.3. The van der Waals surface area contributed by atoms with E-state index >= 15 is 0 Å². The highest BCUT2D eigenvalue weighted by Crippen LogP contribution is 2.40. The summed E-state index contributed by atoms with van der Waals surface area (Å²) in [6.45, 7) is 0.394. The first-order chi connectivity index (χ1) is 54.6. The Morgan fingerprint density at radius 2 is 0.420 bits per heavy atom. The van der Waals surface area contributed by atoms with Crippen molar-refractivity contribution in [3.8, 4) is 101 Å². The van der Waals surface area contributed by atoms with Crippen molar-refractivity contribution in [3.05, 3.63) is 464 Å². The quantitative estimate of drug-likeness (QED) is 0.0400. The van der Waals surface area contributed by atoms with Crippen molar-refractivity contribution >= 4 is 41.4 Å². The molecule has 0 atom stereocenters. The number of benzene rings is 12. The van der Waals surface area contributed by atoms with Crippen LogP contribution in [0.2, 0.25) is 0 Å². The molecule has 112 heavy (non-hydrogen) atoms. The number of ketones is 4. The Kier molecular flexibility index (Phi) is 25.7. The molecule has 0 saturated heterocycles. The van der Waals surface area contributed by atoms with Gasteiger partial charge in [0.1, 0.15) is 0 Å². The molecule has 4 aromatic heterocycles. The number of pyridine rings is 4.